The van der Waals surface area contributed by atoms with Gasteiger partial charge in [-0.1, -0.05) is 13.8 Å². The summed E-state index contributed by atoms with van der Waals surface area (Å²) in [5.74, 6) is -0.00655. The predicted octanol–water partition coefficient (Wildman–Crippen LogP) is 4.27. The standard InChI is InChI=1S/C21H26N2O4S/c1-6-15(21(25)26-8-3)23-16-11-14(19-12(4)28-13(5)22-19)9-10-18(16)27-17(7-2)20(23)24/h9-11,15,17H,6-8H2,1-5H3. The molecule has 1 aliphatic heterocycles. The van der Waals surface area contributed by atoms with E-state index in [2.05, 4.69) is 4.98 Å². The average Bonchev–Trinajstić information content (AvgIpc) is 3.01. The van der Waals surface area contributed by atoms with E-state index in [9.17, 15) is 9.59 Å². The van der Waals surface area contributed by atoms with Crippen LogP contribution in [-0.2, 0) is 14.3 Å². The minimum atomic E-state index is -0.683. The SMILES string of the molecule is CCOC(=O)C(CC)N1C(=O)C(CC)Oc2ccc(-c3nc(C)sc3C)cc21. The van der Waals surface area contributed by atoms with Crippen LogP contribution in [0.4, 0.5) is 5.69 Å². The number of hydrogen-bond acceptors (Lipinski definition) is 6. The van der Waals surface area contributed by atoms with Crippen molar-refractivity contribution in [3.05, 3.63) is 28.1 Å². The Hall–Kier alpha value is -2.41. The van der Waals surface area contributed by atoms with Crippen molar-refractivity contribution < 1.29 is 19.1 Å². The van der Waals surface area contributed by atoms with E-state index in [1.165, 1.54) is 0 Å². The van der Waals surface area contributed by atoms with Crippen LogP contribution >= 0.6 is 11.3 Å². The number of anilines is 1. The lowest BCUT2D eigenvalue weighted by Gasteiger charge is -2.37. The van der Waals surface area contributed by atoms with Crippen molar-refractivity contribution >= 4 is 28.9 Å². The van der Waals surface area contributed by atoms with Crippen LogP contribution in [0, 0.1) is 13.8 Å². The van der Waals surface area contributed by atoms with Crippen LogP contribution in [0.1, 0.15) is 43.5 Å². The smallest absolute Gasteiger partial charge is 0.329 e. The fraction of sp³-hybridized carbons (Fsp3) is 0.476. The van der Waals surface area contributed by atoms with Gasteiger partial charge in [0.1, 0.15) is 11.8 Å². The van der Waals surface area contributed by atoms with E-state index in [1.54, 1.807) is 23.2 Å². The van der Waals surface area contributed by atoms with Crippen LogP contribution in [-0.4, -0.2) is 35.6 Å². The summed E-state index contributed by atoms with van der Waals surface area (Å²) in [6, 6.07) is 5.02. The lowest BCUT2D eigenvalue weighted by atomic mass is 10.0. The summed E-state index contributed by atoms with van der Waals surface area (Å²) in [6.45, 7) is 9.81. The largest absolute Gasteiger partial charge is 0.478 e. The predicted molar refractivity (Wildman–Crippen MR) is 110 cm³/mol. The summed E-state index contributed by atoms with van der Waals surface area (Å²) in [4.78, 5) is 33.0. The topological polar surface area (TPSA) is 68.7 Å². The van der Waals surface area contributed by atoms with E-state index >= 15 is 0 Å². The van der Waals surface area contributed by atoms with E-state index in [4.69, 9.17) is 9.47 Å². The highest BCUT2D eigenvalue weighted by molar-refractivity contribution is 7.11. The van der Waals surface area contributed by atoms with Gasteiger partial charge in [-0.3, -0.25) is 9.69 Å². The van der Waals surface area contributed by atoms with E-state index in [1.807, 2.05) is 45.9 Å². The number of hydrogen-bond donors (Lipinski definition) is 0. The third-order valence-corrected chi connectivity index (χ3v) is 5.69. The number of carbonyl (C=O) groups excluding carboxylic acids is 2. The maximum atomic E-state index is 13.1. The Balaban J connectivity index is 2.12. The second kappa shape index (κ2) is 8.31. The van der Waals surface area contributed by atoms with Crippen molar-refractivity contribution in [2.24, 2.45) is 0 Å². The molecule has 2 heterocycles. The van der Waals surface area contributed by atoms with Gasteiger partial charge in [-0.15, -0.1) is 11.3 Å². The number of carbonyl (C=O) groups is 2. The van der Waals surface area contributed by atoms with Crippen molar-refractivity contribution in [2.45, 2.75) is 59.6 Å². The molecule has 1 aromatic heterocycles. The van der Waals surface area contributed by atoms with Crippen molar-refractivity contribution in [3.8, 4) is 17.0 Å². The molecule has 0 radical (unpaired) electrons. The Bertz CT molecular complexity index is 893. The van der Waals surface area contributed by atoms with Crippen molar-refractivity contribution in [2.75, 3.05) is 11.5 Å². The third-order valence-electron chi connectivity index (χ3n) is 4.81. The Morgan fingerprint density at radius 3 is 2.64 bits per heavy atom. The molecule has 0 spiro atoms. The van der Waals surface area contributed by atoms with Gasteiger partial charge in [-0.05, 0) is 51.8 Å². The summed E-state index contributed by atoms with van der Waals surface area (Å²) >= 11 is 1.63. The van der Waals surface area contributed by atoms with E-state index in [0.29, 0.717) is 24.3 Å². The molecule has 7 heteroatoms. The first-order valence-corrected chi connectivity index (χ1v) is 10.5. The van der Waals surface area contributed by atoms with Gasteiger partial charge < -0.3 is 9.47 Å². The van der Waals surface area contributed by atoms with Crippen molar-refractivity contribution in [3.63, 3.8) is 0 Å². The lowest BCUT2D eigenvalue weighted by Crippen LogP contribution is -2.53. The van der Waals surface area contributed by atoms with Crippen LogP contribution in [0.3, 0.4) is 0 Å². The van der Waals surface area contributed by atoms with Gasteiger partial charge in [0, 0.05) is 10.4 Å². The third kappa shape index (κ3) is 3.63. The zero-order valence-electron chi connectivity index (χ0n) is 16.9. The highest BCUT2D eigenvalue weighted by atomic mass is 32.1. The molecule has 0 saturated carbocycles. The Kier molecular flexibility index (Phi) is 6.03. The maximum Gasteiger partial charge on any atom is 0.329 e. The number of aromatic nitrogens is 1. The zero-order chi connectivity index (χ0) is 20.4. The first-order valence-electron chi connectivity index (χ1n) is 9.65. The number of esters is 1. The van der Waals surface area contributed by atoms with E-state index < -0.39 is 18.1 Å². The minimum Gasteiger partial charge on any atom is -0.478 e. The highest BCUT2D eigenvalue weighted by Crippen LogP contribution is 2.40. The minimum absolute atomic E-state index is 0.210. The molecule has 0 bridgehead atoms. The Morgan fingerprint density at radius 2 is 2.07 bits per heavy atom. The Labute approximate surface area is 169 Å². The fourth-order valence-electron chi connectivity index (χ4n) is 3.50. The summed E-state index contributed by atoms with van der Waals surface area (Å²) in [5, 5.41) is 0.985. The number of aryl methyl sites for hydroxylation is 2. The number of amides is 1. The van der Waals surface area contributed by atoms with Crippen LogP contribution in [0.25, 0.3) is 11.3 Å². The molecule has 150 valence electrons. The molecule has 6 nitrogen and oxygen atoms in total. The highest BCUT2D eigenvalue weighted by Gasteiger charge is 2.40. The molecule has 1 aromatic carbocycles. The summed E-state index contributed by atoms with van der Waals surface area (Å²) in [7, 11) is 0. The Morgan fingerprint density at radius 1 is 1.32 bits per heavy atom. The quantitative estimate of drug-likeness (QED) is 0.675. The molecule has 3 rings (SSSR count). The number of ether oxygens (including phenoxy) is 2. The summed E-state index contributed by atoms with van der Waals surface area (Å²) < 4.78 is 11.2. The van der Waals surface area contributed by atoms with Gasteiger partial charge in [-0.2, -0.15) is 0 Å². The first kappa shape index (κ1) is 20.3. The van der Waals surface area contributed by atoms with Crippen molar-refractivity contribution in [1.29, 1.82) is 0 Å². The van der Waals surface area contributed by atoms with Crippen LogP contribution < -0.4 is 9.64 Å². The average molecular weight is 403 g/mol. The molecule has 28 heavy (non-hydrogen) atoms. The monoisotopic (exact) mass is 402 g/mol. The van der Waals surface area contributed by atoms with Crippen LogP contribution in [0.5, 0.6) is 5.75 Å². The molecular formula is C21H26N2O4S. The molecule has 2 atom stereocenters. The molecule has 0 aliphatic carbocycles. The second-order valence-corrected chi connectivity index (χ2v) is 8.13. The molecule has 0 saturated heterocycles. The van der Waals surface area contributed by atoms with Gasteiger partial charge in [0.2, 0.25) is 0 Å². The molecule has 2 unspecified atom stereocenters. The normalized spacial score (nSPS) is 17.1. The van der Waals surface area contributed by atoms with E-state index in [-0.39, 0.29) is 12.5 Å². The van der Waals surface area contributed by atoms with E-state index in [0.717, 1.165) is 21.1 Å². The van der Waals surface area contributed by atoms with Crippen LogP contribution in [0.2, 0.25) is 0 Å². The number of fused-ring (bicyclic) bond motifs is 1. The molecule has 1 amide bonds. The van der Waals surface area contributed by atoms with Crippen LogP contribution in [0.15, 0.2) is 18.2 Å². The molecule has 2 aromatic rings. The van der Waals surface area contributed by atoms with Gasteiger partial charge in [0.25, 0.3) is 5.91 Å². The molecular weight excluding hydrogens is 376 g/mol. The summed E-state index contributed by atoms with van der Waals surface area (Å²) in [5.41, 5.74) is 2.38. The number of rotatable bonds is 6. The molecule has 0 N–H and O–H groups in total. The van der Waals surface area contributed by atoms with Gasteiger partial charge >= 0.3 is 5.97 Å². The summed E-state index contributed by atoms with van der Waals surface area (Å²) in [6.07, 6.45) is 0.379. The van der Waals surface area contributed by atoms with Gasteiger partial charge in [0.05, 0.1) is 23.0 Å². The second-order valence-electron chi connectivity index (χ2n) is 6.72. The molecule has 0 fully saturated rings. The first-order chi connectivity index (χ1) is 13.4. The molecule has 1 aliphatic rings. The zero-order valence-corrected chi connectivity index (χ0v) is 17.8. The van der Waals surface area contributed by atoms with Gasteiger partial charge in [-0.25, -0.2) is 9.78 Å². The maximum absolute atomic E-state index is 13.1. The number of benzene rings is 1. The van der Waals surface area contributed by atoms with Gasteiger partial charge in [0.15, 0.2) is 6.10 Å². The van der Waals surface area contributed by atoms with Crippen molar-refractivity contribution in [1.82, 2.24) is 4.98 Å². The number of thiazole rings is 1. The lowest BCUT2D eigenvalue weighted by molar-refractivity contribution is -0.146. The number of nitrogens with zero attached hydrogens (tertiary/aromatic N) is 2. The fourth-order valence-corrected chi connectivity index (χ4v) is 4.34.